The van der Waals surface area contributed by atoms with Crippen LogP contribution >= 0.6 is 11.5 Å². The van der Waals surface area contributed by atoms with Crippen molar-refractivity contribution in [1.29, 1.82) is 0 Å². The fourth-order valence-electron chi connectivity index (χ4n) is 7.02. The third-order valence-electron chi connectivity index (χ3n) is 9.51. The summed E-state index contributed by atoms with van der Waals surface area (Å²) in [6.07, 6.45) is -0.945. The molecule has 2 aromatic heterocycles. The molecular weight excluding hydrogens is 686 g/mol. The maximum atomic E-state index is 14.1. The molecule has 2 amide bonds. The molecule has 5 heterocycles. The monoisotopic (exact) mass is 724 g/mol. The standard InChI is InChI=1S/C31H39F3N8O5S2/c1-19-29(48-38-36-19)30(45)35-15-21-14-20(5-6-25(21)31(32,33)34)28-24-18-40(49(2,46)47)13-9-26(24)42(37-28)17-23(43)16-39-11-7-22(8-12-39)41-10-3-4-27(41)44/h5-6,14,22-23,43H,3-4,7-13,15-18H2,1-2H3,(H,35,45). The number of nitrogens with one attached hydrogen (secondary N) is 1. The van der Waals surface area contributed by atoms with Crippen LogP contribution in [-0.2, 0) is 47.0 Å². The molecule has 3 aliphatic heterocycles. The molecule has 1 unspecified atom stereocenters. The molecular formula is C31H39F3N8O5S2. The van der Waals surface area contributed by atoms with Gasteiger partial charge in [-0.3, -0.25) is 14.3 Å². The number of aromatic nitrogens is 4. The van der Waals surface area contributed by atoms with Crippen molar-refractivity contribution in [3.63, 3.8) is 0 Å². The number of halogens is 3. The number of hydrogen-bond donors (Lipinski definition) is 2. The van der Waals surface area contributed by atoms with Crippen molar-refractivity contribution in [2.75, 3.05) is 39.0 Å². The van der Waals surface area contributed by atoms with Crippen molar-refractivity contribution in [1.82, 2.24) is 38.8 Å². The van der Waals surface area contributed by atoms with Crippen molar-refractivity contribution in [3.05, 3.63) is 51.2 Å². The molecule has 6 rings (SSSR count). The second-order valence-electron chi connectivity index (χ2n) is 12.9. The number of benzene rings is 1. The van der Waals surface area contributed by atoms with Crippen LogP contribution in [0.4, 0.5) is 13.2 Å². The van der Waals surface area contributed by atoms with Gasteiger partial charge in [0.25, 0.3) is 5.91 Å². The van der Waals surface area contributed by atoms with E-state index in [0.29, 0.717) is 47.6 Å². The topological polar surface area (TPSA) is 154 Å². The van der Waals surface area contributed by atoms with Crippen LogP contribution in [0.25, 0.3) is 11.3 Å². The lowest BCUT2D eigenvalue weighted by Crippen LogP contribution is -2.47. The Morgan fingerprint density at radius 2 is 1.90 bits per heavy atom. The Hall–Kier alpha value is -3.45. The minimum Gasteiger partial charge on any atom is -0.390 e. The molecule has 18 heteroatoms. The van der Waals surface area contributed by atoms with E-state index in [1.54, 1.807) is 11.6 Å². The summed E-state index contributed by atoms with van der Waals surface area (Å²) in [6, 6.07) is 3.77. The Labute approximate surface area is 286 Å². The van der Waals surface area contributed by atoms with Gasteiger partial charge in [-0.1, -0.05) is 10.6 Å². The minimum atomic E-state index is -4.70. The quantitative estimate of drug-likeness (QED) is 0.321. The first kappa shape index (κ1) is 35.4. The van der Waals surface area contributed by atoms with Crippen LogP contribution in [0.1, 0.15) is 63.4 Å². The van der Waals surface area contributed by atoms with Crippen LogP contribution in [0, 0.1) is 6.92 Å². The number of aryl methyl sites for hydroxylation is 1. The number of fused-ring (bicyclic) bond motifs is 1. The summed E-state index contributed by atoms with van der Waals surface area (Å²) in [5.74, 6) is -0.389. The van der Waals surface area contributed by atoms with Crippen molar-refractivity contribution in [2.24, 2.45) is 0 Å². The van der Waals surface area contributed by atoms with E-state index in [2.05, 4.69) is 19.8 Å². The van der Waals surface area contributed by atoms with Crippen molar-refractivity contribution in [2.45, 2.75) is 77.0 Å². The molecule has 0 spiro atoms. The molecule has 1 aromatic carbocycles. The number of amides is 2. The maximum absolute atomic E-state index is 14.1. The zero-order chi connectivity index (χ0) is 35.1. The van der Waals surface area contributed by atoms with Crippen LogP contribution < -0.4 is 5.32 Å². The smallest absolute Gasteiger partial charge is 0.390 e. The average Bonchev–Trinajstić information content (AvgIpc) is 3.77. The molecule has 266 valence electrons. The van der Waals surface area contributed by atoms with Gasteiger partial charge in [0.2, 0.25) is 15.9 Å². The van der Waals surface area contributed by atoms with Gasteiger partial charge >= 0.3 is 6.18 Å². The van der Waals surface area contributed by atoms with Gasteiger partial charge in [-0.25, -0.2) is 8.42 Å². The first-order valence-corrected chi connectivity index (χ1v) is 18.8. The van der Waals surface area contributed by atoms with Gasteiger partial charge in [0.15, 0.2) is 0 Å². The minimum absolute atomic E-state index is 0.0208. The summed E-state index contributed by atoms with van der Waals surface area (Å²) in [6.45, 7) is 4.09. The molecule has 13 nitrogen and oxygen atoms in total. The maximum Gasteiger partial charge on any atom is 0.416 e. The summed E-state index contributed by atoms with van der Waals surface area (Å²) < 4.78 is 73.9. The normalized spacial score (nSPS) is 19.0. The number of sulfonamides is 1. The van der Waals surface area contributed by atoms with Crippen LogP contribution in [0.2, 0.25) is 0 Å². The largest absolute Gasteiger partial charge is 0.416 e. The van der Waals surface area contributed by atoms with E-state index in [9.17, 15) is 36.3 Å². The zero-order valence-corrected chi connectivity index (χ0v) is 28.9. The lowest BCUT2D eigenvalue weighted by atomic mass is 9.97. The van der Waals surface area contributed by atoms with Crippen LogP contribution in [0.15, 0.2) is 18.2 Å². The number of likely N-dealkylation sites (tertiary alicyclic amines) is 2. The van der Waals surface area contributed by atoms with Crippen molar-refractivity contribution < 1.29 is 36.3 Å². The number of hydrogen-bond acceptors (Lipinski definition) is 10. The van der Waals surface area contributed by atoms with Crippen LogP contribution in [-0.4, -0.2) is 110 Å². The number of aliphatic hydroxyl groups excluding tert-OH is 1. The molecule has 2 fully saturated rings. The Kier molecular flexibility index (Phi) is 10.1. The molecule has 3 aromatic rings. The number of nitrogens with zero attached hydrogens (tertiary/aromatic N) is 7. The number of alkyl halides is 3. The van der Waals surface area contributed by atoms with E-state index in [1.807, 2.05) is 4.90 Å². The average molecular weight is 725 g/mol. The second-order valence-corrected chi connectivity index (χ2v) is 15.7. The lowest BCUT2D eigenvalue weighted by Gasteiger charge is -2.37. The molecule has 0 saturated carbocycles. The number of carbonyl (C=O) groups is 2. The van der Waals surface area contributed by atoms with E-state index in [0.717, 1.165) is 62.8 Å². The zero-order valence-electron chi connectivity index (χ0n) is 27.2. The first-order valence-electron chi connectivity index (χ1n) is 16.2. The third-order valence-corrected chi connectivity index (χ3v) is 11.6. The summed E-state index contributed by atoms with van der Waals surface area (Å²) >= 11 is 0.844. The van der Waals surface area contributed by atoms with Crippen molar-refractivity contribution >= 4 is 33.4 Å². The highest BCUT2D eigenvalue weighted by Gasteiger charge is 2.36. The third kappa shape index (κ3) is 7.82. The molecule has 1 atom stereocenters. The number of rotatable bonds is 10. The van der Waals surface area contributed by atoms with Gasteiger partial charge in [0.1, 0.15) is 4.88 Å². The predicted molar refractivity (Wildman–Crippen MR) is 174 cm³/mol. The highest BCUT2D eigenvalue weighted by molar-refractivity contribution is 7.88. The SMILES string of the molecule is Cc1nnsc1C(=O)NCc1cc(-c2nn(CC(O)CN3CCC(N4CCCC4=O)CC3)c3c2CN(S(C)(=O)=O)CC3)ccc1C(F)(F)F. The molecule has 2 saturated heterocycles. The number of aliphatic hydroxyl groups is 1. The van der Waals surface area contributed by atoms with Crippen LogP contribution in [0.3, 0.4) is 0 Å². The number of β-amino-alcohol motifs (C(OH)–C–C–N with tert-alkyl or cyclic N) is 1. The second kappa shape index (κ2) is 14.0. The Morgan fingerprint density at radius 3 is 2.53 bits per heavy atom. The summed E-state index contributed by atoms with van der Waals surface area (Å²) in [5, 5.41) is 22.2. The first-order chi connectivity index (χ1) is 23.2. The summed E-state index contributed by atoms with van der Waals surface area (Å²) in [5.41, 5.74) is 1.16. The molecule has 0 aliphatic carbocycles. The van der Waals surface area contributed by atoms with E-state index in [4.69, 9.17) is 5.10 Å². The van der Waals surface area contributed by atoms with E-state index < -0.39 is 40.3 Å². The Morgan fingerprint density at radius 1 is 1.14 bits per heavy atom. The number of piperidine rings is 1. The van der Waals surface area contributed by atoms with Crippen LogP contribution in [0.5, 0.6) is 0 Å². The van der Waals surface area contributed by atoms with Gasteiger partial charge in [-0.05, 0) is 55.4 Å². The fourth-order valence-corrected chi connectivity index (χ4v) is 8.37. The van der Waals surface area contributed by atoms with E-state index >= 15 is 0 Å². The lowest BCUT2D eigenvalue weighted by molar-refractivity contribution is -0.138. The predicted octanol–water partition coefficient (Wildman–Crippen LogP) is 2.42. The van der Waals surface area contributed by atoms with Crippen molar-refractivity contribution in [3.8, 4) is 11.3 Å². The Balaban J connectivity index is 1.24. The van der Waals surface area contributed by atoms with Gasteiger partial charge in [-0.15, -0.1) is 5.10 Å². The molecule has 3 aliphatic rings. The number of carbonyl (C=O) groups excluding carboxylic acids is 2. The van der Waals surface area contributed by atoms with E-state index in [1.165, 1.54) is 16.4 Å². The van der Waals surface area contributed by atoms with Gasteiger partial charge < -0.3 is 20.2 Å². The highest BCUT2D eigenvalue weighted by atomic mass is 32.2. The van der Waals surface area contributed by atoms with Gasteiger partial charge in [0, 0.05) is 81.5 Å². The highest BCUT2D eigenvalue weighted by Crippen LogP contribution is 2.37. The molecule has 49 heavy (non-hydrogen) atoms. The molecule has 0 radical (unpaired) electrons. The fraction of sp³-hybridized carbons (Fsp3) is 0.581. The summed E-state index contributed by atoms with van der Waals surface area (Å²) in [4.78, 5) is 29.2. The summed E-state index contributed by atoms with van der Waals surface area (Å²) in [7, 11) is -3.58. The van der Waals surface area contributed by atoms with Gasteiger partial charge in [0.05, 0.1) is 35.9 Å². The Bertz CT molecular complexity index is 1820. The van der Waals surface area contributed by atoms with Gasteiger partial charge in [-0.2, -0.15) is 22.6 Å². The molecule has 0 bridgehead atoms. The van der Waals surface area contributed by atoms with E-state index in [-0.39, 0.29) is 42.0 Å². The molecule has 2 N–H and O–H groups in total.